The van der Waals surface area contributed by atoms with E-state index in [0.29, 0.717) is 16.9 Å². The Morgan fingerprint density at radius 2 is 1.73 bits per heavy atom. The van der Waals surface area contributed by atoms with Crippen LogP contribution >= 0.6 is 0 Å². The Labute approximate surface area is 149 Å². The molecule has 0 aliphatic rings. The normalized spacial score (nSPS) is 10.2. The number of methoxy groups -OCH3 is 1. The average molecular weight is 350 g/mol. The van der Waals surface area contributed by atoms with Crippen molar-refractivity contribution in [1.82, 2.24) is 4.98 Å². The first-order valence-corrected chi connectivity index (χ1v) is 7.79. The number of aromatic nitrogens is 1. The van der Waals surface area contributed by atoms with Crippen LogP contribution in [0.5, 0.6) is 0 Å². The second-order valence-electron chi connectivity index (χ2n) is 5.43. The van der Waals surface area contributed by atoms with E-state index in [-0.39, 0.29) is 17.3 Å². The zero-order valence-corrected chi connectivity index (χ0v) is 13.9. The molecule has 0 bridgehead atoms. The lowest BCUT2D eigenvalue weighted by Gasteiger charge is -2.10. The first-order chi connectivity index (χ1) is 12.6. The van der Waals surface area contributed by atoms with Gasteiger partial charge in [-0.05, 0) is 41.5 Å². The first-order valence-electron chi connectivity index (χ1n) is 7.79. The molecule has 6 heteroatoms. The molecule has 0 atom stereocenters. The second-order valence-corrected chi connectivity index (χ2v) is 5.43. The molecule has 0 aliphatic heterocycles. The fraction of sp³-hybridized carbons (Fsp3) is 0.0500. The Bertz CT molecular complexity index is 938. The Balaban J connectivity index is 1.84. The van der Waals surface area contributed by atoms with Crippen molar-refractivity contribution < 1.29 is 18.7 Å². The summed E-state index contributed by atoms with van der Waals surface area (Å²) in [6.45, 7) is 0. The molecule has 3 aromatic rings. The molecule has 2 aromatic carbocycles. The maximum atomic E-state index is 13.1. The van der Waals surface area contributed by atoms with Gasteiger partial charge in [0.2, 0.25) is 0 Å². The Hall–Kier alpha value is -3.54. The number of nitrogens with one attached hydrogen (secondary N) is 1. The molecule has 0 aliphatic carbocycles. The van der Waals surface area contributed by atoms with Gasteiger partial charge in [0, 0.05) is 11.8 Å². The van der Waals surface area contributed by atoms with Crippen LogP contribution in [-0.4, -0.2) is 24.0 Å². The number of hydrogen-bond acceptors (Lipinski definition) is 4. The van der Waals surface area contributed by atoms with Gasteiger partial charge in [-0.3, -0.25) is 4.79 Å². The quantitative estimate of drug-likeness (QED) is 0.724. The van der Waals surface area contributed by atoms with E-state index >= 15 is 0 Å². The number of esters is 1. The Kier molecular flexibility index (Phi) is 5.03. The molecular formula is C20H15FN2O3. The van der Waals surface area contributed by atoms with Gasteiger partial charge >= 0.3 is 5.97 Å². The van der Waals surface area contributed by atoms with Gasteiger partial charge in [0.25, 0.3) is 5.91 Å². The highest BCUT2D eigenvalue weighted by molar-refractivity contribution is 6.08. The van der Waals surface area contributed by atoms with Crippen LogP contribution in [0.25, 0.3) is 11.1 Å². The summed E-state index contributed by atoms with van der Waals surface area (Å²) in [5, 5.41) is 2.69. The van der Waals surface area contributed by atoms with E-state index in [1.807, 2.05) is 0 Å². The zero-order valence-electron chi connectivity index (χ0n) is 13.9. The standard InChI is InChI=1S/C20H15FN2O3/c1-26-20(25)14-8-11-18(22-12-14)23-19(24)17-5-3-2-4-16(17)13-6-9-15(21)10-7-13/h2-12H,1H3,(H,22,23,24). The second kappa shape index (κ2) is 7.57. The number of anilines is 1. The van der Waals surface area contributed by atoms with E-state index in [2.05, 4.69) is 15.0 Å². The number of pyridine rings is 1. The smallest absolute Gasteiger partial charge is 0.339 e. The molecule has 1 heterocycles. The van der Waals surface area contributed by atoms with Gasteiger partial charge in [-0.2, -0.15) is 0 Å². The molecule has 0 unspecified atom stereocenters. The minimum atomic E-state index is -0.503. The van der Waals surface area contributed by atoms with Crippen molar-refractivity contribution >= 4 is 17.7 Å². The minimum absolute atomic E-state index is 0.289. The molecule has 0 saturated carbocycles. The van der Waals surface area contributed by atoms with Crippen molar-refractivity contribution in [1.29, 1.82) is 0 Å². The summed E-state index contributed by atoms with van der Waals surface area (Å²) in [6.07, 6.45) is 1.33. The van der Waals surface area contributed by atoms with Crippen LogP contribution in [0.1, 0.15) is 20.7 Å². The lowest BCUT2D eigenvalue weighted by molar-refractivity contribution is 0.0600. The third-order valence-corrected chi connectivity index (χ3v) is 3.75. The van der Waals surface area contributed by atoms with Crippen molar-refractivity contribution in [2.75, 3.05) is 12.4 Å². The van der Waals surface area contributed by atoms with E-state index in [1.54, 1.807) is 36.4 Å². The molecular weight excluding hydrogens is 335 g/mol. The zero-order chi connectivity index (χ0) is 18.5. The van der Waals surface area contributed by atoms with Gasteiger partial charge in [-0.25, -0.2) is 14.2 Å². The summed E-state index contributed by atoms with van der Waals surface area (Å²) >= 11 is 0. The van der Waals surface area contributed by atoms with Crippen LogP contribution in [0.15, 0.2) is 66.9 Å². The highest BCUT2D eigenvalue weighted by Crippen LogP contribution is 2.24. The largest absolute Gasteiger partial charge is 0.465 e. The lowest BCUT2D eigenvalue weighted by Crippen LogP contribution is -2.14. The number of amides is 1. The Morgan fingerprint density at radius 1 is 1.00 bits per heavy atom. The fourth-order valence-corrected chi connectivity index (χ4v) is 2.45. The SMILES string of the molecule is COC(=O)c1ccc(NC(=O)c2ccccc2-c2ccc(F)cc2)nc1. The highest BCUT2D eigenvalue weighted by atomic mass is 19.1. The van der Waals surface area contributed by atoms with Crippen LogP contribution in [0.2, 0.25) is 0 Å². The molecule has 0 saturated heterocycles. The maximum absolute atomic E-state index is 13.1. The monoisotopic (exact) mass is 350 g/mol. The van der Waals surface area contributed by atoms with Crippen molar-refractivity contribution in [3.05, 3.63) is 83.8 Å². The first kappa shape index (κ1) is 17.3. The van der Waals surface area contributed by atoms with Gasteiger partial charge in [-0.15, -0.1) is 0 Å². The summed E-state index contributed by atoms with van der Waals surface area (Å²) in [5.41, 5.74) is 2.12. The van der Waals surface area contributed by atoms with Crippen molar-refractivity contribution in [2.24, 2.45) is 0 Å². The van der Waals surface area contributed by atoms with Gasteiger partial charge in [0.15, 0.2) is 0 Å². The van der Waals surface area contributed by atoms with Crippen molar-refractivity contribution in [2.45, 2.75) is 0 Å². The summed E-state index contributed by atoms with van der Waals surface area (Å²) in [6, 6.07) is 16.0. The summed E-state index contributed by atoms with van der Waals surface area (Å²) < 4.78 is 17.8. The number of benzene rings is 2. The van der Waals surface area contributed by atoms with Crippen LogP contribution in [0.4, 0.5) is 10.2 Å². The van der Waals surface area contributed by atoms with Crippen LogP contribution in [0, 0.1) is 5.82 Å². The van der Waals surface area contributed by atoms with Gasteiger partial charge in [-0.1, -0.05) is 30.3 Å². The highest BCUT2D eigenvalue weighted by Gasteiger charge is 2.14. The number of nitrogens with zero attached hydrogens (tertiary/aromatic N) is 1. The predicted molar refractivity (Wildman–Crippen MR) is 95.4 cm³/mol. The molecule has 0 fully saturated rings. The van der Waals surface area contributed by atoms with Gasteiger partial charge < -0.3 is 10.1 Å². The molecule has 3 rings (SSSR count). The molecule has 5 nitrogen and oxygen atoms in total. The van der Waals surface area contributed by atoms with Crippen molar-refractivity contribution in [3.63, 3.8) is 0 Å². The van der Waals surface area contributed by atoms with E-state index < -0.39 is 5.97 Å². The van der Waals surface area contributed by atoms with E-state index in [4.69, 9.17) is 0 Å². The molecule has 1 aromatic heterocycles. The van der Waals surface area contributed by atoms with E-state index in [0.717, 1.165) is 5.56 Å². The van der Waals surface area contributed by atoms with Crippen LogP contribution in [0.3, 0.4) is 0 Å². The van der Waals surface area contributed by atoms with Crippen LogP contribution in [-0.2, 0) is 4.74 Å². The summed E-state index contributed by atoms with van der Waals surface area (Å²) in [7, 11) is 1.28. The summed E-state index contributed by atoms with van der Waals surface area (Å²) in [5.74, 6) is -0.901. The summed E-state index contributed by atoms with van der Waals surface area (Å²) in [4.78, 5) is 28.1. The number of carbonyl (C=O) groups is 2. The van der Waals surface area contributed by atoms with Gasteiger partial charge in [0.1, 0.15) is 11.6 Å². The number of ether oxygens (including phenoxy) is 1. The molecule has 1 N–H and O–H groups in total. The maximum Gasteiger partial charge on any atom is 0.339 e. The van der Waals surface area contributed by atoms with E-state index in [1.165, 1.54) is 37.6 Å². The third kappa shape index (κ3) is 3.75. The molecule has 0 radical (unpaired) electrons. The molecule has 26 heavy (non-hydrogen) atoms. The third-order valence-electron chi connectivity index (χ3n) is 3.75. The minimum Gasteiger partial charge on any atom is -0.465 e. The number of hydrogen-bond donors (Lipinski definition) is 1. The van der Waals surface area contributed by atoms with E-state index in [9.17, 15) is 14.0 Å². The van der Waals surface area contributed by atoms with Crippen LogP contribution < -0.4 is 5.32 Å². The average Bonchev–Trinajstić information content (AvgIpc) is 2.68. The number of rotatable bonds is 4. The molecule has 0 spiro atoms. The van der Waals surface area contributed by atoms with Crippen molar-refractivity contribution in [3.8, 4) is 11.1 Å². The number of halogens is 1. The lowest BCUT2D eigenvalue weighted by atomic mass is 9.99. The van der Waals surface area contributed by atoms with Gasteiger partial charge in [0.05, 0.1) is 12.7 Å². The number of carbonyl (C=O) groups excluding carboxylic acids is 2. The fourth-order valence-electron chi connectivity index (χ4n) is 2.45. The predicted octanol–water partition coefficient (Wildman–Crippen LogP) is 3.93. The molecule has 130 valence electrons. The molecule has 1 amide bonds. The Morgan fingerprint density at radius 3 is 2.38 bits per heavy atom. The topological polar surface area (TPSA) is 68.3 Å².